The summed E-state index contributed by atoms with van der Waals surface area (Å²) in [6, 6.07) is 13.2. The van der Waals surface area contributed by atoms with Gasteiger partial charge in [-0.3, -0.25) is 0 Å². The molecule has 0 fully saturated rings. The molecule has 2 N–H and O–H groups in total. The van der Waals surface area contributed by atoms with Crippen LogP contribution in [0.4, 0.5) is 17.5 Å². The maximum atomic E-state index is 6.14. The average molecular weight is 360 g/mol. The van der Waals surface area contributed by atoms with Crippen LogP contribution in [0.1, 0.15) is 11.1 Å². The van der Waals surface area contributed by atoms with Crippen molar-refractivity contribution >= 4 is 40.7 Å². The lowest BCUT2D eigenvalue weighted by molar-refractivity contribution is 0.948. The molecule has 3 aromatic rings. The van der Waals surface area contributed by atoms with Crippen LogP contribution in [0.5, 0.6) is 0 Å². The molecule has 7 heteroatoms. The van der Waals surface area contributed by atoms with E-state index in [4.69, 9.17) is 23.2 Å². The van der Waals surface area contributed by atoms with Crippen molar-refractivity contribution in [1.82, 2.24) is 15.2 Å². The Balaban J connectivity index is 1.71. The second-order valence-electron chi connectivity index (χ2n) is 5.19. The summed E-state index contributed by atoms with van der Waals surface area (Å²) in [7, 11) is 0. The van der Waals surface area contributed by atoms with Gasteiger partial charge in [0.05, 0.1) is 6.20 Å². The number of anilines is 3. The first-order valence-corrected chi connectivity index (χ1v) is 8.07. The first-order chi connectivity index (χ1) is 11.6. The number of hydrogen-bond acceptors (Lipinski definition) is 5. The minimum Gasteiger partial charge on any atom is -0.349 e. The summed E-state index contributed by atoms with van der Waals surface area (Å²) in [5, 5.41) is 15.7. The van der Waals surface area contributed by atoms with E-state index in [1.54, 1.807) is 6.20 Å². The largest absolute Gasteiger partial charge is 0.349 e. The van der Waals surface area contributed by atoms with Crippen LogP contribution in [0.25, 0.3) is 0 Å². The molecule has 0 aliphatic rings. The maximum Gasteiger partial charge on any atom is 0.244 e. The van der Waals surface area contributed by atoms with E-state index >= 15 is 0 Å². The van der Waals surface area contributed by atoms with Gasteiger partial charge in [-0.15, -0.1) is 5.10 Å². The van der Waals surface area contributed by atoms with Crippen LogP contribution in [-0.4, -0.2) is 15.2 Å². The quantitative estimate of drug-likeness (QED) is 0.682. The molecule has 0 atom stereocenters. The summed E-state index contributed by atoms with van der Waals surface area (Å²) in [5.74, 6) is 1.02. The summed E-state index contributed by atoms with van der Waals surface area (Å²) < 4.78 is 0. The monoisotopic (exact) mass is 359 g/mol. The third-order valence-corrected chi connectivity index (χ3v) is 4.01. The predicted octanol–water partition coefficient (Wildman–Crippen LogP) is 4.84. The smallest absolute Gasteiger partial charge is 0.244 e. The molecule has 2 aromatic carbocycles. The summed E-state index contributed by atoms with van der Waals surface area (Å²) in [5.41, 5.74) is 2.90. The minimum atomic E-state index is 0.423. The van der Waals surface area contributed by atoms with Gasteiger partial charge in [0, 0.05) is 22.3 Å². The molecule has 24 heavy (non-hydrogen) atoms. The highest BCUT2D eigenvalue weighted by Gasteiger charge is 2.05. The third-order valence-electron chi connectivity index (χ3n) is 3.40. The van der Waals surface area contributed by atoms with Crippen molar-refractivity contribution in [2.45, 2.75) is 13.5 Å². The summed E-state index contributed by atoms with van der Waals surface area (Å²) in [6.07, 6.45) is 1.56. The fourth-order valence-electron chi connectivity index (χ4n) is 2.16. The number of nitrogens with zero attached hydrogens (tertiary/aromatic N) is 3. The molecule has 1 aromatic heterocycles. The molecule has 0 aliphatic heterocycles. The van der Waals surface area contributed by atoms with Gasteiger partial charge < -0.3 is 10.6 Å². The van der Waals surface area contributed by atoms with Gasteiger partial charge in [-0.25, -0.2) is 0 Å². The number of aromatic nitrogens is 3. The first-order valence-electron chi connectivity index (χ1n) is 7.32. The van der Waals surface area contributed by atoms with Gasteiger partial charge >= 0.3 is 0 Å². The molecular formula is C17H15Cl2N5. The van der Waals surface area contributed by atoms with E-state index in [2.05, 4.69) is 25.8 Å². The van der Waals surface area contributed by atoms with Gasteiger partial charge in [-0.1, -0.05) is 41.4 Å². The van der Waals surface area contributed by atoms with Gasteiger partial charge in [-0.2, -0.15) is 10.1 Å². The Labute approximate surface area is 150 Å². The zero-order valence-electron chi connectivity index (χ0n) is 12.9. The zero-order chi connectivity index (χ0) is 16.9. The Morgan fingerprint density at radius 2 is 1.92 bits per heavy atom. The van der Waals surface area contributed by atoms with Crippen molar-refractivity contribution < 1.29 is 0 Å². The summed E-state index contributed by atoms with van der Waals surface area (Å²) in [4.78, 5) is 4.40. The Kier molecular flexibility index (Phi) is 5.13. The molecule has 0 saturated carbocycles. The van der Waals surface area contributed by atoms with E-state index in [0.29, 0.717) is 28.4 Å². The van der Waals surface area contributed by atoms with Crippen LogP contribution in [0.3, 0.4) is 0 Å². The molecular weight excluding hydrogens is 345 g/mol. The van der Waals surface area contributed by atoms with Crippen molar-refractivity contribution in [3.8, 4) is 0 Å². The van der Waals surface area contributed by atoms with Crippen LogP contribution < -0.4 is 10.6 Å². The molecule has 0 spiro atoms. The van der Waals surface area contributed by atoms with E-state index in [1.165, 1.54) is 0 Å². The van der Waals surface area contributed by atoms with Crippen LogP contribution in [-0.2, 0) is 6.54 Å². The predicted molar refractivity (Wildman–Crippen MR) is 98.1 cm³/mol. The molecule has 5 nitrogen and oxygen atoms in total. The van der Waals surface area contributed by atoms with Gasteiger partial charge in [0.15, 0.2) is 5.82 Å². The van der Waals surface area contributed by atoms with E-state index in [1.807, 2.05) is 49.4 Å². The van der Waals surface area contributed by atoms with Crippen LogP contribution in [0, 0.1) is 6.92 Å². The molecule has 122 valence electrons. The number of aryl methyl sites for hydroxylation is 1. The lowest BCUT2D eigenvalue weighted by Gasteiger charge is -2.10. The molecule has 0 radical (unpaired) electrons. The maximum absolute atomic E-state index is 6.14. The van der Waals surface area contributed by atoms with Gasteiger partial charge in [0.25, 0.3) is 0 Å². The lowest BCUT2D eigenvalue weighted by Crippen LogP contribution is -2.07. The molecule has 1 heterocycles. The standard InChI is InChI=1S/C17H15Cl2N5/c1-11-8-13(18)6-7-15(11)22-16-10-21-24-17(23-16)20-9-12-4-2-3-5-14(12)19/h2-8,10H,9H2,1H3,(H2,20,22,23,24). The molecule has 0 bridgehead atoms. The SMILES string of the molecule is Cc1cc(Cl)ccc1Nc1cnnc(NCc2ccccc2Cl)n1. The second-order valence-corrected chi connectivity index (χ2v) is 6.04. The van der Waals surface area contributed by atoms with E-state index in [9.17, 15) is 0 Å². The van der Waals surface area contributed by atoms with Crippen molar-refractivity contribution in [1.29, 1.82) is 0 Å². The zero-order valence-corrected chi connectivity index (χ0v) is 14.4. The second kappa shape index (κ2) is 7.47. The van der Waals surface area contributed by atoms with Gasteiger partial charge in [-0.05, 0) is 42.3 Å². The third kappa shape index (κ3) is 4.13. The fourth-order valence-corrected chi connectivity index (χ4v) is 2.59. The van der Waals surface area contributed by atoms with E-state index < -0.39 is 0 Å². The van der Waals surface area contributed by atoms with E-state index in [-0.39, 0.29) is 0 Å². The van der Waals surface area contributed by atoms with E-state index in [0.717, 1.165) is 16.8 Å². The van der Waals surface area contributed by atoms with Crippen LogP contribution in [0.15, 0.2) is 48.7 Å². The molecule has 0 aliphatic carbocycles. The summed E-state index contributed by atoms with van der Waals surface area (Å²) >= 11 is 12.1. The van der Waals surface area contributed by atoms with Gasteiger partial charge in [0.1, 0.15) is 0 Å². The molecule has 0 amide bonds. The highest BCUT2D eigenvalue weighted by atomic mass is 35.5. The van der Waals surface area contributed by atoms with Gasteiger partial charge in [0.2, 0.25) is 5.95 Å². The number of benzene rings is 2. The van der Waals surface area contributed by atoms with Crippen LogP contribution in [0.2, 0.25) is 10.0 Å². The Hall–Kier alpha value is -2.37. The lowest BCUT2D eigenvalue weighted by atomic mass is 10.2. The Bertz CT molecular complexity index is 854. The number of halogens is 2. The molecule has 0 unspecified atom stereocenters. The summed E-state index contributed by atoms with van der Waals surface area (Å²) in [6.45, 7) is 2.49. The Morgan fingerprint density at radius 1 is 1.08 bits per heavy atom. The number of rotatable bonds is 5. The van der Waals surface area contributed by atoms with Crippen LogP contribution >= 0.6 is 23.2 Å². The normalized spacial score (nSPS) is 10.5. The fraction of sp³-hybridized carbons (Fsp3) is 0.118. The average Bonchev–Trinajstić information content (AvgIpc) is 2.57. The first kappa shape index (κ1) is 16.5. The van der Waals surface area contributed by atoms with Crippen molar-refractivity contribution in [2.24, 2.45) is 0 Å². The molecule has 0 saturated heterocycles. The molecule has 3 rings (SSSR count). The van der Waals surface area contributed by atoms with Crippen molar-refractivity contribution in [3.63, 3.8) is 0 Å². The number of hydrogen-bond donors (Lipinski definition) is 2. The topological polar surface area (TPSA) is 62.7 Å². The Morgan fingerprint density at radius 3 is 2.71 bits per heavy atom. The van der Waals surface area contributed by atoms with Crippen molar-refractivity contribution in [3.05, 3.63) is 69.8 Å². The minimum absolute atomic E-state index is 0.423. The highest BCUT2D eigenvalue weighted by molar-refractivity contribution is 6.31. The number of nitrogens with one attached hydrogen (secondary N) is 2. The van der Waals surface area contributed by atoms with Crippen molar-refractivity contribution in [2.75, 3.05) is 10.6 Å². The highest BCUT2D eigenvalue weighted by Crippen LogP contribution is 2.22.